The van der Waals surface area contributed by atoms with E-state index in [1.165, 1.54) is 128 Å². The largest absolute Gasteiger partial charge is 0.472 e. The van der Waals surface area contributed by atoms with Crippen molar-refractivity contribution in [3.63, 3.8) is 0 Å². The summed E-state index contributed by atoms with van der Waals surface area (Å²) in [6.07, 6.45) is 36.5. The average molecular weight is 689 g/mol. The van der Waals surface area contributed by atoms with Crippen LogP contribution in [0.5, 0.6) is 0 Å². The summed E-state index contributed by atoms with van der Waals surface area (Å²) < 4.78 is 22.1. The number of carbonyl (C=O) groups excluding carboxylic acids is 1. The molecule has 0 aromatic heterocycles. The summed E-state index contributed by atoms with van der Waals surface area (Å²) in [4.78, 5) is 22.6. The van der Waals surface area contributed by atoms with Crippen LogP contribution in [0.15, 0.2) is 12.2 Å². The Kier molecular flexibility index (Phi) is 34.5. The predicted molar refractivity (Wildman–Crippen MR) is 198 cm³/mol. The Morgan fingerprint density at radius 3 is 1.57 bits per heavy atom. The molecule has 0 saturated carbocycles. The van der Waals surface area contributed by atoms with Crippen LogP contribution in [-0.4, -0.2) is 47.8 Å². The number of hydrogen-bond acceptors (Lipinski definition) is 6. The smallest absolute Gasteiger partial charge is 0.391 e. The molecule has 9 heteroatoms. The number of rotatable bonds is 37. The molecule has 3 unspecified atom stereocenters. The lowest BCUT2D eigenvalue weighted by atomic mass is 10.0. The van der Waals surface area contributed by atoms with Gasteiger partial charge in [-0.1, -0.05) is 161 Å². The monoisotopic (exact) mass is 689 g/mol. The molecule has 0 aliphatic heterocycles. The van der Waals surface area contributed by atoms with Gasteiger partial charge in [-0.15, -0.1) is 0 Å². The second-order valence-corrected chi connectivity index (χ2v) is 14.9. The van der Waals surface area contributed by atoms with Gasteiger partial charge in [0, 0.05) is 13.0 Å². The van der Waals surface area contributed by atoms with Crippen LogP contribution in [0, 0.1) is 0 Å². The number of hydrogen-bond donors (Lipinski definition) is 4. The summed E-state index contributed by atoms with van der Waals surface area (Å²) in [5.41, 5.74) is 5.36. The summed E-state index contributed by atoms with van der Waals surface area (Å²) in [6, 6.07) is -0.771. The van der Waals surface area contributed by atoms with Gasteiger partial charge in [0.1, 0.15) is 0 Å². The van der Waals surface area contributed by atoms with Crippen molar-refractivity contribution in [2.75, 3.05) is 19.8 Å². The molecule has 0 aromatic rings. The molecule has 3 atom stereocenters. The van der Waals surface area contributed by atoms with Gasteiger partial charge < -0.3 is 21.1 Å². The first-order valence-corrected chi connectivity index (χ1v) is 21.3. The molecule has 280 valence electrons. The second kappa shape index (κ2) is 35.1. The van der Waals surface area contributed by atoms with E-state index in [1.807, 2.05) is 0 Å². The number of carbonyl (C=O) groups is 1. The Bertz CT molecular complexity index is 754. The minimum absolute atomic E-state index is 0.0895. The fourth-order valence-electron chi connectivity index (χ4n) is 5.84. The van der Waals surface area contributed by atoms with Crippen molar-refractivity contribution < 1.29 is 28.4 Å². The van der Waals surface area contributed by atoms with Gasteiger partial charge in [-0.3, -0.25) is 13.8 Å². The third-order valence-corrected chi connectivity index (χ3v) is 9.85. The number of aliphatic hydroxyl groups excluding tert-OH is 1. The first kappa shape index (κ1) is 46.2. The van der Waals surface area contributed by atoms with Gasteiger partial charge in [0.15, 0.2) is 0 Å². The van der Waals surface area contributed by atoms with Crippen molar-refractivity contribution in [2.45, 2.75) is 206 Å². The maximum Gasteiger partial charge on any atom is 0.472 e. The van der Waals surface area contributed by atoms with Crippen molar-refractivity contribution in [1.29, 1.82) is 0 Å². The molecule has 0 bridgehead atoms. The van der Waals surface area contributed by atoms with E-state index >= 15 is 0 Å². The molecule has 0 spiro atoms. The lowest BCUT2D eigenvalue weighted by Crippen LogP contribution is -2.46. The van der Waals surface area contributed by atoms with Crippen LogP contribution in [0.25, 0.3) is 0 Å². The van der Waals surface area contributed by atoms with Crippen molar-refractivity contribution in [3.05, 3.63) is 12.2 Å². The molecular weight excluding hydrogens is 611 g/mol. The van der Waals surface area contributed by atoms with E-state index in [4.69, 9.17) is 14.8 Å². The second-order valence-electron chi connectivity index (χ2n) is 13.5. The van der Waals surface area contributed by atoms with Crippen molar-refractivity contribution in [2.24, 2.45) is 5.73 Å². The molecular formula is C38H77N2O6P. The number of allylic oxidation sites excluding steroid dienone is 2. The minimum atomic E-state index is -4.30. The Labute approximate surface area is 290 Å². The van der Waals surface area contributed by atoms with Crippen LogP contribution in [0.4, 0.5) is 0 Å². The SMILES string of the molecule is CCCCCCCCC/C=C\CCCCCCCCCC(=O)NC(COP(=O)(O)OCCN)C(O)CCCCCCCCCCCC. The zero-order chi connectivity index (χ0) is 34.7. The fourth-order valence-corrected chi connectivity index (χ4v) is 6.60. The summed E-state index contributed by atoms with van der Waals surface area (Å²) in [5, 5.41) is 13.7. The third kappa shape index (κ3) is 33.5. The number of nitrogens with two attached hydrogens (primary N) is 1. The Morgan fingerprint density at radius 1 is 0.681 bits per heavy atom. The Hall–Kier alpha value is -0.760. The van der Waals surface area contributed by atoms with Gasteiger partial charge >= 0.3 is 7.82 Å². The third-order valence-electron chi connectivity index (χ3n) is 8.87. The normalized spacial score (nSPS) is 14.4. The maximum absolute atomic E-state index is 12.7. The number of phosphoric acid groups is 1. The quantitative estimate of drug-likeness (QED) is 0.0290. The number of unbranched alkanes of at least 4 members (excludes halogenated alkanes) is 23. The maximum atomic E-state index is 12.7. The highest BCUT2D eigenvalue weighted by molar-refractivity contribution is 7.47. The lowest BCUT2D eigenvalue weighted by Gasteiger charge is -2.25. The van der Waals surface area contributed by atoms with Gasteiger partial charge in [0.05, 0.1) is 25.4 Å². The average Bonchev–Trinajstić information content (AvgIpc) is 3.05. The molecule has 5 N–H and O–H groups in total. The van der Waals surface area contributed by atoms with E-state index in [9.17, 15) is 19.4 Å². The Morgan fingerprint density at radius 2 is 1.11 bits per heavy atom. The first-order valence-electron chi connectivity index (χ1n) is 19.8. The van der Waals surface area contributed by atoms with Gasteiger partial charge in [-0.25, -0.2) is 4.57 Å². The van der Waals surface area contributed by atoms with Crippen LogP contribution in [0.3, 0.4) is 0 Å². The van der Waals surface area contributed by atoms with Crippen LogP contribution in [0.2, 0.25) is 0 Å². The molecule has 0 aromatic carbocycles. The summed E-state index contributed by atoms with van der Waals surface area (Å²) in [7, 11) is -4.30. The standard InChI is InChI=1S/C38H77N2O6P/c1-3-5-7-9-11-13-15-16-17-18-19-20-21-22-24-26-28-30-32-38(42)40-36(35-46-47(43,44)45-34-33-39)37(41)31-29-27-25-23-14-12-10-8-6-4-2/h17-18,36-37,41H,3-16,19-35,39H2,1-2H3,(H,40,42)(H,43,44)/b18-17-. The zero-order valence-corrected chi connectivity index (χ0v) is 31.7. The van der Waals surface area contributed by atoms with E-state index in [0.29, 0.717) is 12.8 Å². The highest BCUT2D eigenvalue weighted by Crippen LogP contribution is 2.43. The molecule has 0 heterocycles. The molecule has 8 nitrogen and oxygen atoms in total. The molecule has 0 radical (unpaired) electrons. The van der Waals surface area contributed by atoms with Gasteiger partial charge in [-0.05, 0) is 38.5 Å². The molecule has 0 saturated heterocycles. The molecule has 0 rings (SSSR count). The van der Waals surface area contributed by atoms with Crippen LogP contribution in [0.1, 0.15) is 194 Å². The Balaban J connectivity index is 4.15. The van der Waals surface area contributed by atoms with E-state index in [-0.39, 0.29) is 25.7 Å². The summed E-state index contributed by atoms with van der Waals surface area (Å²) in [6.45, 7) is 4.18. The number of nitrogens with one attached hydrogen (secondary N) is 1. The zero-order valence-electron chi connectivity index (χ0n) is 30.8. The van der Waals surface area contributed by atoms with E-state index in [1.54, 1.807) is 0 Å². The minimum Gasteiger partial charge on any atom is -0.391 e. The van der Waals surface area contributed by atoms with Gasteiger partial charge in [-0.2, -0.15) is 0 Å². The lowest BCUT2D eigenvalue weighted by molar-refractivity contribution is -0.123. The fraction of sp³-hybridized carbons (Fsp3) is 0.921. The highest BCUT2D eigenvalue weighted by atomic mass is 31.2. The number of amides is 1. The van der Waals surface area contributed by atoms with Crippen molar-refractivity contribution >= 4 is 13.7 Å². The molecule has 1 amide bonds. The topological polar surface area (TPSA) is 131 Å². The molecule has 47 heavy (non-hydrogen) atoms. The van der Waals surface area contributed by atoms with Crippen molar-refractivity contribution in [3.8, 4) is 0 Å². The van der Waals surface area contributed by atoms with E-state index < -0.39 is 20.0 Å². The number of aliphatic hydroxyl groups is 1. The van der Waals surface area contributed by atoms with Crippen LogP contribution >= 0.6 is 7.82 Å². The number of phosphoric ester groups is 1. The van der Waals surface area contributed by atoms with Gasteiger partial charge in [0.25, 0.3) is 0 Å². The summed E-state index contributed by atoms with van der Waals surface area (Å²) in [5.74, 6) is -0.167. The first-order chi connectivity index (χ1) is 22.9. The van der Waals surface area contributed by atoms with Crippen molar-refractivity contribution in [1.82, 2.24) is 5.32 Å². The summed E-state index contributed by atoms with van der Waals surface area (Å²) >= 11 is 0. The highest BCUT2D eigenvalue weighted by Gasteiger charge is 2.27. The molecule has 0 aliphatic rings. The molecule has 0 aliphatic carbocycles. The van der Waals surface area contributed by atoms with E-state index in [2.05, 4.69) is 31.3 Å². The molecule has 0 fully saturated rings. The van der Waals surface area contributed by atoms with Crippen LogP contribution < -0.4 is 11.1 Å². The predicted octanol–water partition coefficient (Wildman–Crippen LogP) is 10.4. The van der Waals surface area contributed by atoms with Gasteiger partial charge in [0.2, 0.25) is 5.91 Å². The van der Waals surface area contributed by atoms with E-state index in [0.717, 1.165) is 38.5 Å². The van der Waals surface area contributed by atoms with Crippen LogP contribution in [-0.2, 0) is 18.4 Å².